The van der Waals surface area contributed by atoms with Crippen molar-refractivity contribution in [3.8, 4) is 0 Å². The van der Waals surface area contributed by atoms with Crippen LogP contribution in [0.4, 0.5) is 0 Å². The lowest BCUT2D eigenvalue weighted by Crippen LogP contribution is -2.39. The third kappa shape index (κ3) is 2.58. The maximum Gasteiger partial charge on any atom is 0.217 e. The van der Waals surface area contributed by atoms with Gasteiger partial charge in [-0.05, 0) is 25.5 Å². The maximum absolute atomic E-state index is 11.0. The molecule has 1 aromatic carbocycles. The van der Waals surface area contributed by atoms with Crippen LogP contribution in [-0.2, 0) is 10.3 Å². The molecule has 1 N–H and O–H groups in total. The first-order chi connectivity index (χ1) is 6.43. The molecule has 76 valence electrons. The smallest absolute Gasteiger partial charge is 0.217 e. The van der Waals surface area contributed by atoms with Crippen molar-refractivity contribution in [3.63, 3.8) is 0 Å². The van der Waals surface area contributed by atoms with Crippen molar-refractivity contribution in [2.45, 2.75) is 26.3 Å². The highest BCUT2D eigenvalue weighted by atomic mass is 79.9. The Morgan fingerprint density at radius 2 is 1.93 bits per heavy atom. The molecule has 0 aliphatic rings. The lowest BCUT2D eigenvalue weighted by atomic mass is 9.94. The summed E-state index contributed by atoms with van der Waals surface area (Å²) in [6.07, 6.45) is 0. The van der Waals surface area contributed by atoms with Crippen LogP contribution in [-0.4, -0.2) is 5.91 Å². The predicted octanol–water partition coefficient (Wildman–Crippen LogP) is 2.82. The van der Waals surface area contributed by atoms with Gasteiger partial charge in [0.25, 0.3) is 0 Å². The number of carbonyl (C=O) groups is 1. The van der Waals surface area contributed by atoms with E-state index in [0.29, 0.717) is 0 Å². The summed E-state index contributed by atoms with van der Waals surface area (Å²) < 4.78 is 1.01. The van der Waals surface area contributed by atoms with Crippen molar-refractivity contribution < 1.29 is 4.79 Å². The van der Waals surface area contributed by atoms with Crippen LogP contribution in [0.1, 0.15) is 26.3 Å². The third-order valence-electron chi connectivity index (χ3n) is 2.04. The molecule has 0 spiro atoms. The number of benzene rings is 1. The molecular weight excluding hydrogens is 242 g/mol. The number of hydrogen-bond acceptors (Lipinski definition) is 1. The molecule has 0 bridgehead atoms. The summed E-state index contributed by atoms with van der Waals surface area (Å²) in [5, 5.41) is 2.91. The van der Waals surface area contributed by atoms with Gasteiger partial charge in [-0.1, -0.05) is 34.1 Å². The molecule has 0 aromatic heterocycles. The number of hydrogen-bond donors (Lipinski definition) is 1. The molecule has 1 rings (SSSR count). The van der Waals surface area contributed by atoms with Crippen molar-refractivity contribution in [2.75, 3.05) is 0 Å². The molecule has 0 saturated carbocycles. The standard InChI is InChI=1S/C11H14BrNO/c1-8(14)13-11(2,3)9-6-4-5-7-10(9)12/h4-7H,1-3H3,(H,13,14). The Bertz CT molecular complexity index is 347. The van der Waals surface area contributed by atoms with E-state index in [9.17, 15) is 4.79 Å². The minimum absolute atomic E-state index is 0.0225. The highest BCUT2D eigenvalue weighted by Crippen LogP contribution is 2.27. The van der Waals surface area contributed by atoms with Gasteiger partial charge in [-0.2, -0.15) is 0 Å². The summed E-state index contributed by atoms with van der Waals surface area (Å²) in [6, 6.07) is 7.89. The van der Waals surface area contributed by atoms with E-state index < -0.39 is 0 Å². The average molecular weight is 256 g/mol. The van der Waals surface area contributed by atoms with Crippen molar-refractivity contribution >= 4 is 21.8 Å². The van der Waals surface area contributed by atoms with Gasteiger partial charge in [-0.15, -0.1) is 0 Å². The molecule has 0 aliphatic heterocycles. The van der Waals surface area contributed by atoms with E-state index in [0.717, 1.165) is 10.0 Å². The van der Waals surface area contributed by atoms with Crippen LogP contribution in [0, 0.1) is 0 Å². The lowest BCUT2D eigenvalue weighted by molar-refractivity contribution is -0.120. The maximum atomic E-state index is 11.0. The molecule has 0 fully saturated rings. The first-order valence-corrected chi connectivity index (χ1v) is 5.26. The molecule has 2 nitrogen and oxygen atoms in total. The third-order valence-corrected chi connectivity index (χ3v) is 2.73. The van der Waals surface area contributed by atoms with E-state index in [1.165, 1.54) is 6.92 Å². The topological polar surface area (TPSA) is 29.1 Å². The average Bonchev–Trinajstić information content (AvgIpc) is 2.02. The summed E-state index contributed by atoms with van der Waals surface area (Å²) in [4.78, 5) is 11.0. The number of halogens is 1. The van der Waals surface area contributed by atoms with Crippen molar-refractivity contribution in [3.05, 3.63) is 34.3 Å². The molecule has 0 saturated heterocycles. The van der Waals surface area contributed by atoms with Crippen LogP contribution >= 0.6 is 15.9 Å². The SMILES string of the molecule is CC(=O)NC(C)(C)c1ccccc1Br. The van der Waals surface area contributed by atoms with Crippen molar-refractivity contribution in [2.24, 2.45) is 0 Å². The van der Waals surface area contributed by atoms with Gasteiger partial charge in [0.1, 0.15) is 0 Å². The molecule has 0 radical (unpaired) electrons. The fraction of sp³-hybridized carbons (Fsp3) is 0.364. The van der Waals surface area contributed by atoms with E-state index in [-0.39, 0.29) is 11.4 Å². The molecule has 0 heterocycles. The molecule has 1 aromatic rings. The molecule has 1 amide bonds. The zero-order valence-corrected chi connectivity index (χ0v) is 10.2. The van der Waals surface area contributed by atoms with Crippen LogP contribution in [0.2, 0.25) is 0 Å². The Morgan fingerprint density at radius 1 is 1.36 bits per heavy atom. The van der Waals surface area contributed by atoms with Crippen molar-refractivity contribution in [1.82, 2.24) is 5.32 Å². The van der Waals surface area contributed by atoms with Gasteiger partial charge in [-0.25, -0.2) is 0 Å². The van der Waals surface area contributed by atoms with Crippen LogP contribution < -0.4 is 5.32 Å². The Kier molecular flexibility index (Phi) is 3.32. The number of rotatable bonds is 2. The van der Waals surface area contributed by atoms with Crippen molar-refractivity contribution in [1.29, 1.82) is 0 Å². The minimum Gasteiger partial charge on any atom is -0.347 e. The predicted molar refractivity (Wildman–Crippen MR) is 61.0 cm³/mol. The highest BCUT2D eigenvalue weighted by molar-refractivity contribution is 9.10. The van der Waals surface area contributed by atoms with Crippen LogP contribution in [0.25, 0.3) is 0 Å². The van der Waals surface area contributed by atoms with Gasteiger partial charge < -0.3 is 5.32 Å². The van der Waals surface area contributed by atoms with E-state index in [1.54, 1.807) is 0 Å². The normalized spacial score (nSPS) is 11.1. The van der Waals surface area contributed by atoms with E-state index in [1.807, 2.05) is 38.1 Å². The monoisotopic (exact) mass is 255 g/mol. The first-order valence-electron chi connectivity index (χ1n) is 4.47. The van der Waals surface area contributed by atoms with Gasteiger partial charge in [0.05, 0.1) is 5.54 Å². The second kappa shape index (κ2) is 4.13. The van der Waals surface area contributed by atoms with Crippen LogP contribution in [0.3, 0.4) is 0 Å². The molecule has 14 heavy (non-hydrogen) atoms. The van der Waals surface area contributed by atoms with Gasteiger partial charge in [0, 0.05) is 11.4 Å². The molecule has 3 heteroatoms. The number of nitrogens with one attached hydrogen (secondary N) is 1. The fourth-order valence-electron chi connectivity index (χ4n) is 1.48. The Hall–Kier alpha value is -0.830. The Balaban J connectivity index is 3.03. The van der Waals surface area contributed by atoms with E-state index in [2.05, 4.69) is 21.2 Å². The summed E-state index contributed by atoms with van der Waals surface area (Å²) in [5.41, 5.74) is 0.738. The van der Waals surface area contributed by atoms with Gasteiger partial charge in [-0.3, -0.25) is 4.79 Å². The van der Waals surface area contributed by atoms with E-state index >= 15 is 0 Å². The second-order valence-corrected chi connectivity index (χ2v) is 4.64. The summed E-state index contributed by atoms with van der Waals surface area (Å²) >= 11 is 3.47. The van der Waals surface area contributed by atoms with Crippen LogP contribution in [0.5, 0.6) is 0 Å². The quantitative estimate of drug-likeness (QED) is 0.866. The number of carbonyl (C=O) groups excluding carboxylic acids is 1. The van der Waals surface area contributed by atoms with Gasteiger partial charge in [0.2, 0.25) is 5.91 Å². The zero-order chi connectivity index (χ0) is 10.8. The van der Waals surface area contributed by atoms with Gasteiger partial charge >= 0.3 is 0 Å². The van der Waals surface area contributed by atoms with E-state index in [4.69, 9.17) is 0 Å². The minimum atomic E-state index is -0.341. The fourth-order valence-corrected chi connectivity index (χ4v) is 2.26. The Labute approximate surface area is 92.8 Å². The largest absolute Gasteiger partial charge is 0.347 e. The summed E-state index contributed by atoms with van der Waals surface area (Å²) in [6.45, 7) is 5.49. The lowest BCUT2D eigenvalue weighted by Gasteiger charge is -2.27. The Morgan fingerprint density at radius 3 is 2.43 bits per heavy atom. The molecule has 0 atom stereocenters. The number of amides is 1. The molecular formula is C11H14BrNO. The van der Waals surface area contributed by atoms with Crippen LogP contribution in [0.15, 0.2) is 28.7 Å². The summed E-state index contributed by atoms with van der Waals surface area (Å²) in [7, 11) is 0. The molecule has 0 aliphatic carbocycles. The first kappa shape index (κ1) is 11.2. The summed E-state index contributed by atoms with van der Waals surface area (Å²) in [5.74, 6) is -0.0225. The zero-order valence-electron chi connectivity index (χ0n) is 8.60. The van der Waals surface area contributed by atoms with Gasteiger partial charge in [0.15, 0.2) is 0 Å². The second-order valence-electron chi connectivity index (χ2n) is 3.79. The highest BCUT2D eigenvalue weighted by Gasteiger charge is 2.22. The molecule has 0 unspecified atom stereocenters.